The van der Waals surface area contributed by atoms with E-state index < -0.39 is 10.0 Å². The lowest BCUT2D eigenvalue weighted by Gasteiger charge is -2.26. The molecule has 112 valence electrons. The molecule has 1 aromatic carbocycles. The minimum absolute atomic E-state index is 0.187. The standard InChI is InChI=1S/C14H15BrN2O2S2/c15-12-6-7-20-14(12)21(18,19)17-13-3-1-2-9-8-10(16)4-5-11(9)13/h4-8,13,17H,1-3,16H2. The number of fused-ring (bicyclic) bond motifs is 1. The summed E-state index contributed by atoms with van der Waals surface area (Å²) in [7, 11) is -3.51. The topological polar surface area (TPSA) is 72.2 Å². The summed E-state index contributed by atoms with van der Waals surface area (Å²) in [4.78, 5) is 0. The van der Waals surface area contributed by atoms with E-state index in [9.17, 15) is 8.42 Å². The third-order valence-electron chi connectivity index (χ3n) is 3.61. The summed E-state index contributed by atoms with van der Waals surface area (Å²) in [6, 6.07) is 7.26. The monoisotopic (exact) mass is 386 g/mol. The van der Waals surface area contributed by atoms with Crippen molar-refractivity contribution in [3.8, 4) is 0 Å². The highest BCUT2D eigenvalue weighted by atomic mass is 79.9. The van der Waals surface area contributed by atoms with Crippen molar-refractivity contribution in [2.75, 3.05) is 5.73 Å². The van der Waals surface area contributed by atoms with E-state index in [4.69, 9.17) is 5.73 Å². The van der Waals surface area contributed by atoms with E-state index in [1.165, 1.54) is 11.3 Å². The van der Waals surface area contributed by atoms with E-state index in [0.717, 1.165) is 36.1 Å². The Kier molecular flexibility index (Phi) is 4.09. The van der Waals surface area contributed by atoms with Crippen LogP contribution in [-0.4, -0.2) is 8.42 Å². The van der Waals surface area contributed by atoms with Crippen molar-refractivity contribution < 1.29 is 8.42 Å². The highest BCUT2D eigenvalue weighted by Gasteiger charge is 2.27. The van der Waals surface area contributed by atoms with Gasteiger partial charge in [0.15, 0.2) is 0 Å². The van der Waals surface area contributed by atoms with Gasteiger partial charge in [0, 0.05) is 16.2 Å². The summed E-state index contributed by atoms with van der Waals surface area (Å²) in [5.41, 5.74) is 8.70. The maximum absolute atomic E-state index is 12.5. The van der Waals surface area contributed by atoms with E-state index in [1.807, 2.05) is 18.2 Å². The molecule has 2 aromatic rings. The van der Waals surface area contributed by atoms with Crippen LogP contribution in [0.3, 0.4) is 0 Å². The molecule has 1 atom stereocenters. The minimum Gasteiger partial charge on any atom is -0.399 e. The van der Waals surface area contributed by atoms with Gasteiger partial charge in [-0.2, -0.15) is 0 Å². The van der Waals surface area contributed by atoms with Crippen molar-refractivity contribution in [1.29, 1.82) is 0 Å². The molecule has 21 heavy (non-hydrogen) atoms. The minimum atomic E-state index is -3.51. The zero-order valence-corrected chi connectivity index (χ0v) is 14.4. The molecule has 4 nitrogen and oxygen atoms in total. The average molecular weight is 387 g/mol. The third-order valence-corrected chi connectivity index (χ3v) is 7.75. The van der Waals surface area contributed by atoms with E-state index in [0.29, 0.717) is 8.68 Å². The Morgan fingerprint density at radius 1 is 1.33 bits per heavy atom. The Hall–Kier alpha value is -0.890. The SMILES string of the molecule is Nc1ccc2c(c1)CCCC2NS(=O)(=O)c1sccc1Br. The molecule has 1 aliphatic rings. The number of rotatable bonds is 3. The number of benzene rings is 1. The zero-order valence-electron chi connectivity index (χ0n) is 11.2. The molecule has 3 N–H and O–H groups in total. The van der Waals surface area contributed by atoms with Crippen molar-refractivity contribution in [2.24, 2.45) is 0 Å². The smallest absolute Gasteiger partial charge is 0.251 e. The number of aryl methyl sites for hydroxylation is 1. The largest absolute Gasteiger partial charge is 0.399 e. The van der Waals surface area contributed by atoms with Gasteiger partial charge in [-0.05, 0) is 69.9 Å². The van der Waals surface area contributed by atoms with Gasteiger partial charge in [0.1, 0.15) is 4.21 Å². The molecule has 1 aromatic heterocycles. The summed E-state index contributed by atoms with van der Waals surface area (Å²) >= 11 is 4.49. The summed E-state index contributed by atoms with van der Waals surface area (Å²) in [5, 5.41) is 1.76. The van der Waals surface area contributed by atoms with E-state index in [1.54, 1.807) is 11.4 Å². The zero-order chi connectivity index (χ0) is 15.0. The predicted octanol–water partition coefficient (Wildman–Crippen LogP) is 3.45. The summed E-state index contributed by atoms with van der Waals surface area (Å²) < 4.78 is 28.8. The Morgan fingerprint density at radius 3 is 2.86 bits per heavy atom. The predicted molar refractivity (Wildman–Crippen MR) is 88.9 cm³/mol. The van der Waals surface area contributed by atoms with Crippen LogP contribution in [0.25, 0.3) is 0 Å². The Morgan fingerprint density at radius 2 is 2.14 bits per heavy atom. The molecule has 0 radical (unpaired) electrons. The van der Waals surface area contributed by atoms with Crippen LogP contribution >= 0.6 is 27.3 Å². The van der Waals surface area contributed by atoms with Crippen LogP contribution in [0.5, 0.6) is 0 Å². The fourth-order valence-corrected chi connectivity index (χ4v) is 6.27. The van der Waals surface area contributed by atoms with Crippen LogP contribution < -0.4 is 10.5 Å². The molecule has 1 unspecified atom stereocenters. The van der Waals surface area contributed by atoms with Crippen LogP contribution in [0.15, 0.2) is 38.3 Å². The molecule has 0 amide bonds. The maximum Gasteiger partial charge on any atom is 0.251 e. The second kappa shape index (κ2) is 5.72. The first-order valence-electron chi connectivity index (χ1n) is 6.61. The van der Waals surface area contributed by atoms with Crippen molar-refractivity contribution in [3.05, 3.63) is 45.2 Å². The molecule has 0 bridgehead atoms. The third kappa shape index (κ3) is 3.01. The first kappa shape index (κ1) is 15.0. The fourth-order valence-electron chi connectivity index (χ4n) is 2.67. The lowest BCUT2D eigenvalue weighted by Crippen LogP contribution is -2.30. The van der Waals surface area contributed by atoms with Crippen LogP contribution in [0.2, 0.25) is 0 Å². The van der Waals surface area contributed by atoms with Crippen LogP contribution in [0, 0.1) is 0 Å². The Bertz CT molecular complexity index is 771. The highest BCUT2D eigenvalue weighted by molar-refractivity contribution is 9.10. The van der Waals surface area contributed by atoms with E-state index in [-0.39, 0.29) is 6.04 Å². The highest BCUT2D eigenvalue weighted by Crippen LogP contribution is 2.34. The fraction of sp³-hybridized carbons (Fsp3) is 0.286. The second-order valence-corrected chi connectivity index (χ2v) is 8.76. The number of hydrogen-bond donors (Lipinski definition) is 2. The summed E-state index contributed by atoms with van der Waals surface area (Å²) in [6.07, 6.45) is 2.70. The van der Waals surface area contributed by atoms with Gasteiger partial charge in [-0.3, -0.25) is 0 Å². The van der Waals surface area contributed by atoms with Gasteiger partial charge in [0.25, 0.3) is 10.0 Å². The van der Waals surface area contributed by atoms with E-state index in [2.05, 4.69) is 20.7 Å². The molecule has 7 heteroatoms. The molecule has 0 spiro atoms. The molecular formula is C14H15BrN2O2S2. The second-order valence-electron chi connectivity index (χ2n) is 5.08. The van der Waals surface area contributed by atoms with Gasteiger partial charge >= 0.3 is 0 Å². The number of nitrogens with two attached hydrogens (primary N) is 1. The summed E-state index contributed by atoms with van der Waals surface area (Å²) in [6.45, 7) is 0. The van der Waals surface area contributed by atoms with Crippen molar-refractivity contribution in [2.45, 2.75) is 29.5 Å². The number of nitrogen functional groups attached to an aromatic ring is 1. The first-order chi connectivity index (χ1) is 9.97. The normalized spacial score (nSPS) is 18.4. The number of sulfonamides is 1. The lowest BCUT2D eigenvalue weighted by molar-refractivity contribution is 0.508. The lowest BCUT2D eigenvalue weighted by atomic mass is 9.88. The molecule has 1 heterocycles. The maximum atomic E-state index is 12.5. The Labute approximate surface area is 136 Å². The van der Waals surface area contributed by atoms with Gasteiger partial charge in [0.2, 0.25) is 0 Å². The van der Waals surface area contributed by atoms with E-state index >= 15 is 0 Å². The van der Waals surface area contributed by atoms with Crippen LogP contribution in [0.4, 0.5) is 5.69 Å². The number of halogens is 1. The van der Waals surface area contributed by atoms with Gasteiger partial charge in [0.05, 0.1) is 0 Å². The molecule has 0 aliphatic heterocycles. The van der Waals surface area contributed by atoms with Crippen molar-refractivity contribution in [3.63, 3.8) is 0 Å². The van der Waals surface area contributed by atoms with Gasteiger partial charge in [-0.15, -0.1) is 11.3 Å². The van der Waals surface area contributed by atoms with Gasteiger partial charge < -0.3 is 5.73 Å². The first-order valence-corrected chi connectivity index (χ1v) is 9.76. The Balaban J connectivity index is 1.92. The van der Waals surface area contributed by atoms with Gasteiger partial charge in [-0.25, -0.2) is 13.1 Å². The molecule has 1 aliphatic carbocycles. The number of anilines is 1. The average Bonchev–Trinajstić information content (AvgIpc) is 2.85. The van der Waals surface area contributed by atoms with Crippen molar-refractivity contribution >= 4 is 43.0 Å². The number of hydrogen-bond acceptors (Lipinski definition) is 4. The molecule has 0 saturated heterocycles. The quantitative estimate of drug-likeness (QED) is 0.793. The number of nitrogens with one attached hydrogen (secondary N) is 1. The van der Waals surface area contributed by atoms with Crippen molar-refractivity contribution in [1.82, 2.24) is 4.72 Å². The van der Waals surface area contributed by atoms with Crippen LogP contribution in [0.1, 0.15) is 30.0 Å². The van der Waals surface area contributed by atoms with Gasteiger partial charge in [-0.1, -0.05) is 6.07 Å². The molecule has 3 rings (SSSR count). The molecular weight excluding hydrogens is 372 g/mol. The van der Waals surface area contributed by atoms with Crippen LogP contribution in [-0.2, 0) is 16.4 Å². The summed E-state index contributed by atoms with van der Waals surface area (Å²) in [5.74, 6) is 0. The molecule has 0 saturated carbocycles. The number of thiophene rings is 1. The molecule has 0 fully saturated rings.